The lowest BCUT2D eigenvalue weighted by molar-refractivity contribution is -0.149. The summed E-state index contributed by atoms with van der Waals surface area (Å²) in [5.74, 6) is 0.732. The van der Waals surface area contributed by atoms with Crippen LogP contribution in [-0.4, -0.2) is 31.6 Å². The fourth-order valence-electron chi connectivity index (χ4n) is 2.62. The predicted octanol–water partition coefficient (Wildman–Crippen LogP) is 2.14. The van der Waals surface area contributed by atoms with Crippen molar-refractivity contribution >= 4 is 17.6 Å². The summed E-state index contributed by atoms with van der Waals surface area (Å²) in [7, 11) is 1.38. The van der Waals surface area contributed by atoms with E-state index in [1.165, 1.54) is 7.11 Å². The first-order valence-electron chi connectivity index (χ1n) is 7.34. The molecule has 1 unspecified atom stereocenters. The number of amides is 1. The van der Waals surface area contributed by atoms with Gasteiger partial charge in [0.15, 0.2) is 6.10 Å². The van der Waals surface area contributed by atoms with Crippen molar-refractivity contribution in [2.75, 3.05) is 18.6 Å². The Morgan fingerprint density at radius 3 is 2.52 bits per heavy atom. The van der Waals surface area contributed by atoms with E-state index < -0.39 is 6.10 Å². The third-order valence-corrected chi connectivity index (χ3v) is 3.97. The molecular formula is C16H19NO4. The molecule has 0 radical (unpaired) electrons. The molecule has 2 fully saturated rings. The Hall–Kier alpha value is -2.04. The molecule has 0 spiro atoms. The quantitative estimate of drug-likeness (QED) is 0.779. The molecule has 0 aromatic heterocycles. The third kappa shape index (κ3) is 3.01. The molecular weight excluding hydrogens is 270 g/mol. The topological polar surface area (TPSA) is 55.8 Å². The monoisotopic (exact) mass is 289 g/mol. The maximum atomic E-state index is 11.7. The van der Waals surface area contributed by atoms with Crippen LogP contribution >= 0.6 is 0 Å². The lowest BCUT2D eigenvalue weighted by atomic mass is 10.2. The number of carbonyl (C=O) groups excluding carboxylic acids is 2. The first kappa shape index (κ1) is 13.9. The van der Waals surface area contributed by atoms with E-state index in [-0.39, 0.29) is 17.8 Å². The van der Waals surface area contributed by atoms with Crippen molar-refractivity contribution in [3.8, 4) is 5.75 Å². The number of rotatable bonds is 5. The molecule has 1 aliphatic heterocycles. The highest BCUT2D eigenvalue weighted by atomic mass is 16.6. The van der Waals surface area contributed by atoms with E-state index in [1.54, 1.807) is 17.0 Å². The molecule has 1 saturated heterocycles. The van der Waals surface area contributed by atoms with Crippen molar-refractivity contribution in [2.24, 2.45) is 5.92 Å². The van der Waals surface area contributed by atoms with Gasteiger partial charge in [0.05, 0.1) is 7.11 Å². The highest BCUT2D eigenvalue weighted by Crippen LogP contribution is 2.36. The molecule has 112 valence electrons. The normalized spacial score (nSPS) is 19.5. The van der Waals surface area contributed by atoms with Crippen LogP contribution in [0.5, 0.6) is 5.75 Å². The minimum absolute atomic E-state index is 0.161. The Kier molecular flexibility index (Phi) is 3.82. The van der Waals surface area contributed by atoms with Crippen LogP contribution in [0.4, 0.5) is 5.69 Å². The number of benzene rings is 1. The molecule has 2 aliphatic rings. The Morgan fingerprint density at radius 1 is 1.29 bits per heavy atom. The second kappa shape index (κ2) is 5.76. The molecule has 5 nitrogen and oxygen atoms in total. The van der Waals surface area contributed by atoms with Crippen LogP contribution in [0.3, 0.4) is 0 Å². The number of nitrogens with zero attached hydrogens (tertiary/aromatic N) is 1. The molecule has 0 bridgehead atoms. The van der Waals surface area contributed by atoms with Crippen LogP contribution in [0.2, 0.25) is 0 Å². The standard InChI is InChI=1S/C16H19NO4/c1-20-16(19)15(11-4-5-11)21-13-8-6-12(7-9-13)17-10-2-3-14(17)18/h6-9,11,15H,2-5,10H2,1H3. The fraction of sp³-hybridized carbons (Fsp3) is 0.500. The van der Waals surface area contributed by atoms with E-state index in [0.717, 1.165) is 31.5 Å². The van der Waals surface area contributed by atoms with Crippen molar-refractivity contribution in [3.63, 3.8) is 0 Å². The molecule has 3 rings (SSSR count). The molecule has 0 N–H and O–H groups in total. The van der Waals surface area contributed by atoms with Gasteiger partial charge in [-0.3, -0.25) is 4.79 Å². The Labute approximate surface area is 123 Å². The molecule has 5 heteroatoms. The fourth-order valence-corrected chi connectivity index (χ4v) is 2.62. The molecule has 1 aromatic rings. The maximum absolute atomic E-state index is 11.7. The lowest BCUT2D eigenvalue weighted by Gasteiger charge is -2.18. The van der Waals surface area contributed by atoms with Crippen molar-refractivity contribution in [1.29, 1.82) is 0 Å². The summed E-state index contributed by atoms with van der Waals surface area (Å²) in [6.07, 6.45) is 3.00. The van der Waals surface area contributed by atoms with E-state index in [1.807, 2.05) is 12.1 Å². The van der Waals surface area contributed by atoms with Crippen LogP contribution in [0.1, 0.15) is 25.7 Å². The molecule has 1 atom stereocenters. The minimum Gasteiger partial charge on any atom is -0.478 e. The van der Waals surface area contributed by atoms with E-state index >= 15 is 0 Å². The number of carbonyl (C=O) groups is 2. The molecule has 1 aromatic carbocycles. The number of ether oxygens (including phenoxy) is 2. The van der Waals surface area contributed by atoms with E-state index in [2.05, 4.69) is 0 Å². The molecule has 1 amide bonds. The molecule has 1 aliphatic carbocycles. The SMILES string of the molecule is COC(=O)C(Oc1ccc(N2CCCC2=O)cc1)C1CC1. The molecule has 1 heterocycles. The summed E-state index contributed by atoms with van der Waals surface area (Å²) < 4.78 is 10.5. The largest absolute Gasteiger partial charge is 0.478 e. The summed E-state index contributed by atoms with van der Waals surface area (Å²) >= 11 is 0. The second-order valence-electron chi connectivity index (χ2n) is 5.54. The van der Waals surface area contributed by atoms with E-state index in [9.17, 15) is 9.59 Å². The van der Waals surface area contributed by atoms with Gasteiger partial charge in [-0.15, -0.1) is 0 Å². The van der Waals surface area contributed by atoms with Gasteiger partial charge >= 0.3 is 5.97 Å². The highest BCUT2D eigenvalue weighted by Gasteiger charge is 2.39. The van der Waals surface area contributed by atoms with Gasteiger partial charge in [0, 0.05) is 24.6 Å². The zero-order valence-electron chi connectivity index (χ0n) is 12.1. The second-order valence-corrected chi connectivity index (χ2v) is 5.54. The van der Waals surface area contributed by atoms with E-state index in [0.29, 0.717) is 12.2 Å². The van der Waals surface area contributed by atoms with Gasteiger partial charge in [0.1, 0.15) is 5.75 Å². The van der Waals surface area contributed by atoms with Gasteiger partial charge in [0.2, 0.25) is 5.91 Å². The van der Waals surface area contributed by atoms with Gasteiger partial charge in [-0.1, -0.05) is 0 Å². The first-order valence-corrected chi connectivity index (χ1v) is 7.34. The predicted molar refractivity (Wildman–Crippen MR) is 77.2 cm³/mol. The summed E-state index contributed by atoms with van der Waals surface area (Å²) in [5.41, 5.74) is 0.880. The molecule has 21 heavy (non-hydrogen) atoms. The summed E-state index contributed by atoms with van der Waals surface area (Å²) in [4.78, 5) is 25.2. The zero-order chi connectivity index (χ0) is 14.8. The van der Waals surface area contributed by atoms with Gasteiger partial charge < -0.3 is 14.4 Å². The average molecular weight is 289 g/mol. The number of hydrogen-bond acceptors (Lipinski definition) is 4. The number of hydrogen-bond donors (Lipinski definition) is 0. The van der Waals surface area contributed by atoms with Crippen LogP contribution in [0.15, 0.2) is 24.3 Å². The van der Waals surface area contributed by atoms with Gasteiger partial charge in [-0.05, 0) is 43.5 Å². The lowest BCUT2D eigenvalue weighted by Crippen LogP contribution is -2.30. The van der Waals surface area contributed by atoms with Crippen molar-refractivity contribution < 1.29 is 19.1 Å². The maximum Gasteiger partial charge on any atom is 0.347 e. The summed E-state index contributed by atoms with van der Waals surface area (Å²) in [6, 6.07) is 7.33. The zero-order valence-corrected chi connectivity index (χ0v) is 12.1. The summed E-state index contributed by atoms with van der Waals surface area (Å²) in [5, 5.41) is 0. The van der Waals surface area contributed by atoms with Crippen molar-refractivity contribution in [3.05, 3.63) is 24.3 Å². The minimum atomic E-state index is -0.519. The smallest absolute Gasteiger partial charge is 0.347 e. The van der Waals surface area contributed by atoms with Crippen molar-refractivity contribution in [2.45, 2.75) is 31.8 Å². The van der Waals surface area contributed by atoms with Crippen molar-refractivity contribution in [1.82, 2.24) is 0 Å². The highest BCUT2D eigenvalue weighted by molar-refractivity contribution is 5.95. The van der Waals surface area contributed by atoms with E-state index in [4.69, 9.17) is 9.47 Å². The number of methoxy groups -OCH3 is 1. The average Bonchev–Trinajstić information content (AvgIpc) is 3.26. The Balaban J connectivity index is 1.68. The summed E-state index contributed by atoms with van der Waals surface area (Å²) in [6.45, 7) is 0.770. The molecule has 1 saturated carbocycles. The Bertz CT molecular complexity index is 536. The number of esters is 1. The van der Waals surface area contributed by atoms with Gasteiger partial charge in [-0.2, -0.15) is 0 Å². The Morgan fingerprint density at radius 2 is 2.00 bits per heavy atom. The number of anilines is 1. The van der Waals surface area contributed by atoms with Crippen LogP contribution < -0.4 is 9.64 Å². The van der Waals surface area contributed by atoms with Crippen LogP contribution in [0.25, 0.3) is 0 Å². The van der Waals surface area contributed by atoms with Gasteiger partial charge in [0.25, 0.3) is 0 Å². The first-order chi connectivity index (χ1) is 10.2. The van der Waals surface area contributed by atoms with Crippen LogP contribution in [-0.2, 0) is 14.3 Å². The third-order valence-electron chi connectivity index (χ3n) is 3.97. The van der Waals surface area contributed by atoms with Crippen LogP contribution in [0, 0.1) is 5.92 Å². The van der Waals surface area contributed by atoms with Gasteiger partial charge in [-0.25, -0.2) is 4.79 Å².